The van der Waals surface area contributed by atoms with Gasteiger partial charge in [-0.05, 0) is 70.8 Å². The van der Waals surface area contributed by atoms with Crippen molar-refractivity contribution in [1.29, 1.82) is 0 Å². The molecule has 0 radical (unpaired) electrons. The molecular formula is C19H24FN3O3. The molecule has 1 aromatic heterocycles. The second-order valence-electron chi connectivity index (χ2n) is 6.81. The minimum atomic E-state index is -1.74. The molecule has 26 heavy (non-hydrogen) atoms. The van der Waals surface area contributed by atoms with Crippen LogP contribution in [0.3, 0.4) is 0 Å². The normalized spacial score (nSPS) is 17.3. The largest absolute Gasteiger partial charge is 0.507 e. The van der Waals surface area contributed by atoms with Gasteiger partial charge in [-0.25, -0.2) is 4.39 Å². The summed E-state index contributed by atoms with van der Waals surface area (Å²) in [6.07, 6.45) is 3.29. The molecule has 2 fully saturated rings. The molecule has 0 unspecified atom stereocenters. The Kier molecular flexibility index (Phi) is 5.27. The van der Waals surface area contributed by atoms with Crippen molar-refractivity contribution in [3.63, 3.8) is 0 Å². The molecule has 1 aliphatic heterocycles. The summed E-state index contributed by atoms with van der Waals surface area (Å²) in [4.78, 5) is 11.7. The number of halogens is 1. The summed E-state index contributed by atoms with van der Waals surface area (Å²) in [7, 11) is 0. The maximum absolute atomic E-state index is 13.7. The lowest BCUT2D eigenvalue weighted by molar-refractivity contribution is -0.122. The third-order valence-electron chi connectivity index (χ3n) is 4.61. The van der Waals surface area contributed by atoms with Crippen molar-refractivity contribution in [3.8, 4) is 16.9 Å². The van der Waals surface area contributed by atoms with Gasteiger partial charge in [-0.3, -0.25) is 4.79 Å². The Hall–Kier alpha value is -2.41. The summed E-state index contributed by atoms with van der Waals surface area (Å²) in [6, 6.07) is 4.57. The van der Waals surface area contributed by atoms with Crippen molar-refractivity contribution in [2.24, 2.45) is 0 Å². The summed E-state index contributed by atoms with van der Waals surface area (Å²) >= 11 is 0. The number of aromatic hydroxyl groups is 1. The van der Waals surface area contributed by atoms with E-state index in [-0.39, 0.29) is 18.6 Å². The van der Waals surface area contributed by atoms with Crippen LogP contribution in [0, 0.1) is 13.8 Å². The highest BCUT2D eigenvalue weighted by Gasteiger charge is 2.50. The maximum atomic E-state index is 13.7. The second kappa shape index (κ2) is 7.45. The van der Waals surface area contributed by atoms with E-state index in [0.29, 0.717) is 28.3 Å². The van der Waals surface area contributed by atoms with Crippen LogP contribution in [-0.4, -0.2) is 34.9 Å². The van der Waals surface area contributed by atoms with Crippen LogP contribution in [0.15, 0.2) is 22.7 Å². The van der Waals surface area contributed by atoms with Gasteiger partial charge in [0.05, 0.1) is 11.3 Å². The topological polar surface area (TPSA) is 87.4 Å². The van der Waals surface area contributed by atoms with Crippen molar-refractivity contribution >= 4 is 11.6 Å². The van der Waals surface area contributed by atoms with E-state index in [4.69, 9.17) is 4.52 Å². The Morgan fingerprint density at radius 2 is 2.00 bits per heavy atom. The van der Waals surface area contributed by atoms with E-state index in [9.17, 15) is 14.3 Å². The number of phenolic OH excluding ortho intramolecular Hbond substituents is 1. The summed E-state index contributed by atoms with van der Waals surface area (Å²) in [5.74, 6) is -0.0304. The van der Waals surface area contributed by atoms with Crippen LogP contribution in [-0.2, 0) is 4.79 Å². The number of carbonyl (C=O) groups excluding carboxylic acids is 1. The van der Waals surface area contributed by atoms with Crippen LogP contribution < -0.4 is 10.6 Å². The number of hydrogen-bond donors (Lipinski definition) is 3. The number of rotatable bonds is 3. The van der Waals surface area contributed by atoms with Crippen LogP contribution in [0.5, 0.6) is 5.75 Å². The van der Waals surface area contributed by atoms with Crippen LogP contribution in [0.25, 0.3) is 11.1 Å². The fraction of sp³-hybridized carbons (Fsp3) is 0.474. The highest BCUT2D eigenvalue weighted by atomic mass is 19.1. The van der Waals surface area contributed by atoms with Gasteiger partial charge in [0.25, 0.3) is 5.91 Å². The SMILES string of the molecule is C1CCNC1.Cc1noc(C)c1-c1cc(NC(=O)C2(F)CC2)ccc1O. The Morgan fingerprint density at radius 3 is 2.50 bits per heavy atom. The number of nitrogens with one attached hydrogen (secondary N) is 2. The van der Waals surface area contributed by atoms with Crippen LogP contribution in [0.2, 0.25) is 0 Å². The number of alkyl halides is 1. The van der Waals surface area contributed by atoms with Gasteiger partial charge in [0.15, 0.2) is 5.67 Å². The van der Waals surface area contributed by atoms with Crippen molar-refractivity contribution in [3.05, 3.63) is 29.7 Å². The van der Waals surface area contributed by atoms with Gasteiger partial charge in [-0.2, -0.15) is 0 Å². The standard InChI is InChI=1S/C15H15FN2O3.C4H9N/c1-8-13(9(2)21-18-8)11-7-10(3-4-12(11)19)17-14(20)15(16)5-6-15;1-2-4-5-3-1/h3-4,7,19H,5-6H2,1-2H3,(H,17,20);5H,1-4H2. The molecule has 7 heteroatoms. The van der Waals surface area contributed by atoms with E-state index < -0.39 is 11.6 Å². The predicted molar refractivity (Wildman–Crippen MR) is 96.9 cm³/mol. The Labute approximate surface area is 151 Å². The smallest absolute Gasteiger partial charge is 0.262 e. The Morgan fingerprint density at radius 1 is 1.31 bits per heavy atom. The van der Waals surface area contributed by atoms with Crippen molar-refractivity contribution in [2.75, 3.05) is 18.4 Å². The molecule has 1 aromatic carbocycles. The highest BCUT2D eigenvalue weighted by molar-refractivity contribution is 5.99. The zero-order valence-electron chi connectivity index (χ0n) is 15.1. The predicted octanol–water partition coefficient (Wildman–Crippen LogP) is 3.47. The van der Waals surface area contributed by atoms with E-state index in [1.54, 1.807) is 19.9 Å². The third kappa shape index (κ3) is 4.04. The van der Waals surface area contributed by atoms with E-state index in [1.165, 1.54) is 38.1 Å². The highest BCUT2D eigenvalue weighted by Crippen LogP contribution is 2.41. The molecule has 0 atom stereocenters. The number of amides is 1. The third-order valence-corrected chi connectivity index (χ3v) is 4.61. The summed E-state index contributed by atoms with van der Waals surface area (Å²) in [6.45, 7) is 6.00. The van der Waals surface area contributed by atoms with Crippen molar-refractivity contribution in [1.82, 2.24) is 10.5 Å². The number of carbonyl (C=O) groups is 1. The number of aryl methyl sites for hydroxylation is 2. The molecule has 0 spiro atoms. The summed E-state index contributed by atoms with van der Waals surface area (Å²) in [5.41, 5.74) is 0.492. The molecular weight excluding hydrogens is 337 g/mol. The van der Waals surface area contributed by atoms with Crippen LogP contribution in [0.4, 0.5) is 10.1 Å². The summed E-state index contributed by atoms with van der Waals surface area (Å²) < 4.78 is 18.8. The van der Waals surface area contributed by atoms with Gasteiger partial charge in [-0.15, -0.1) is 0 Å². The number of nitrogens with zero attached hydrogens (tertiary/aromatic N) is 1. The molecule has 1 aliphatic carbocycles. The lowest BCUT2D eigenvalue weighted by Gasteiger charge is -2.10. The first-order valence-electron chi connectivity index (χ1n) is 8.88. The van der Waals surface area contributed by atoms with Crippen LogP contribution in [0.1, 0.15) is 37.1 Å². The van der Waals surface area contributed by atoms with Crippen molar-refractivity contribution < 1.29 is 18.8 Å². The molecule has 140 valence electrons. The molecule has 1 saturated carbocycles. The molecule has 2 aliphatic rings. The Bertz CT molecular complexity index is 768. The number of anilines is 1. The maximum Gasteiger partial charge on any atom is 0.262 e. The Balaban J connectivity index is 0.000000339. The molecule has 2 aromatic rings. The zero-order valence-corrected chi connectivity index (χ0v) is 15.1. The van der Waals surface area contributed by atoms with E-state index in [2.05, 4.69) is 15.8 Å². The van der Waals surface area contributed by atoms with E-state index >= 15 is 0 Å². The first kappa shape index (κ1) is 18.4. The average molecular weight is 361 g/mol. The first-order chi connectivity index (χ1) is 12.4. The van der Waals surface area contributed by atoms with Gasteiger partial charge >= 0.3 is 0 Å². The number of benzene rings is 1. The van der Waals surface area contributed by atoms with Gasteiger partial charge in [0, 0.05) is 11.3 Å². The molecule has 2 heterocycles. The summed E-state index contributed by atoms with van der Waals surface area (Å²) in [5, 5.41) is 19.6. The molecule has 6 nitrogen and oxygen atoms in total. The molecule has 0 bridgehead atoms. The number of phenols is 1. The zero-order chi connectivity index (χ0) is 18.7. The van der Waals surface area contributed by atoms with Crippen LogP contribution >= 0.6 is 0 Å². The molecule has 1 saturated heterocycles. The fourth-order valence-electron chi connectivity index (χ4n) is 2.89. The monoisotopic (exact) mass is 361 g/mol. The quantitative estimate of drug-likeness (QED) is 0.729. The lowest BCUT2D eigenvalue weighted by Crippen LogP contribution is -2.25. The minimum absolute atomic E-state index is 0.0452. The fourth-order valence-corrected chi connectivity index (χ4v) is 2.89. The minimum Gasteiger partial charge on any atom is -0.507 e. The van der Waals surface area contributed by atoms with Gasteiger partial charge in [0.2, 0.25) is 0 Å². The number of aromatic nitrogens is 1. The van der Waals surface area contributed by atoms with Gasteiger partial charge in [-0.1, -0.05) is 5.16 Å². The molecule has 3 N–H and O–H groups in total. The van der Waals surface area contributed by atoms with E-state index in [1.807, 2.05) is 0 Å². The van der Waals surface area contributed by atoms with Gasteiger partial charge in [0.1, 0.15) is 11.5 Å². The van der Waals surface area contributed by atoms with E-state index in [0.717, 1.165) is 0 Å². The molecule has 4 rings (SSSR count). The number of hydrogen-bond acceptors (Lipinski definition) is 5. The van der Waals surface area contributed by atoms with Gasteiger partial charge < -0.3 is 20.3 Å². The lowest BCUT2D eigenvalue weighted by atomic mass is 10.0. The first-order valence-corrected chi connectivity index (χ1v) is 8.88. The second-order valence-corrected chi connectivity index (χ2v) is 6.81. The molecule has 1 amide bonds. The average Bonchev–Trinajstić information content (AvgIpc) is 3.02. The van der Waals surface area contributed by atoms with Crippen molar-refractivity contribution in [2.45, 2.75) is 45.2 Å².